The van der Waals surface area contributed by atoms with E-state index in [1.807, 2.05) is 24.3 Å². The maximum Gasteiger partial charge on any atom is 0.326 e. The van der Waals surface area contributed by atoms with E-state index in [2.05, 4.69) is 26.3 Å². The zero-order chi connectivity index (χ0) is 43.1. The monoisotopic (exact) mass is 812 g/mol. The van der Waals surface area contributed by atoms with Gasteiger partial charge in [0.2, 0.25) is 29.5 Å². The molecule has 1 heterocycles. The van der Waals surface area contributed by atoms with Crippen molar-refractivity contribution in [1.29, 1.82) is 0 Å². The Kier molecular flexibility index (Phi) is 17.1. The van der Waals surface area contributed by atoms with Crippen LogP contribution >= 0.6 is 0 Å². The summed E-state index contributed by atoms with van der Waals surface area (Å²) in [6.07, 6.45) is 1.25. The highest BCUT2D eigenvalue weighted by Crippen LogP contribution is 2.20. The fourth-order valence-corrected chi connectivity index (χ4v) is 6.72. The Bertz CT molecular complexity index is 2020. The molecular weight excluding hydrogens is 757 g/mol. The van der Waals surface area contributed by atoms with Crippen LogP contribution in [0.15, 0.2) is 91.1 Å². The molecule has 4 rings (SSSR count). The molecule has 0 spiro atoms. The van der Waals surface area contributed by atoms with Gasteiger partial charge in [-0.25, -0.2) is 4.79 Å². The standard InChI is InChI=1S/C43H56N8O8/c1-26(45)42(57)51(3)36(23-29-16-8-5-9-17-29)40(55)50-37(27(2)52)41(56)47-33(20-12-13-21-44)38(53)48-34(24-30-25-46-32-19-11-10-18-31(30)32)39(54)49-35(43(58)59)22-28-14-6-4-7-15-28/h4-11,14-19,25-27,33-37,46,52H,12-13,20-24,44-45H2,1-3H3,(H,47,56)(H,48,53)(H,49,54)(H,50,55)(H,58,59)/t26-,27-,33+,34-,35-,36-,37-/m1/s1. The molecule has 0 radical (unpaired) electrons. The van der Waals surface area contributed by atoms with E-state index in [0.717, 1.165) is 16.5 Å². The summed E-state index contributed by atoms with van der Waals surface area (Å²) in [5.41, 5.74) is 14.5. The smallest absolute Gasteiger partial charge is 0.326 e. The maximum atomic E-state index is 14.2. The van der Waals surface area contributed by atoms with E-state index in [-0.39, 0.29) is 25.7 Å². The summed E-state index contributed by atoms with van der Waals surface area (Å²) in [5, 5.41) is 32.2. The van der Waals surface area contributed by atoms with Crippen molar-refractivity contribution in [2.24, 2.45) is 11.5 Å². The van der Waals surface area contributed by atoms with Crippen molar-refractivity contribution in [2.75, 3.05) is 13.6 Å². The van der Waals surface area contributed by atoms with Crippen LogP contribution in [0.2, 0.25) is 0 Å². The Morgan fingerprint density at radius 1 is 0.695 bits per heavy atom. The number of unbranched alkanes of at least 4 members (excludes halogenated alkanes) is 1. The average Bonchev–Trinajstić information content (AvgIpc) is 3.63. The first-order chi connectivity index (χ1) is 28.2. The summed E-state index contributed by atoms with van der Waals surface area (Å²) in [7, 11) is 1.43. The van der Waals surface area contributed by atoms with Gasteiger partial charge in [0.1, 0.15) is 30.2 Å². The van der Waals surface area contributed by atoms with Gasteiger partial charge in [-0.3, -0.25) is 24.0 Å². The number of carbonyl (C=O) groups is 6. The number of aliphatic hydroxyl groups is 1. The van der Waals surface area contributed by atoms with E-state index >= 15 is 0 Å². The first-order valence-electron chi connectivity index (χ1n) is 19.7. The number of fused-ring (bicyclic) bond motifs is 1. The highest BCUT2D eigenvalue weighted by atomic mass is 16.4. The van der Waals surface area contributed by atoms with Crippen LogP contribution in [0.4, 0.5) is 0 Å². The highest BCUT2D eigenvalue weighted by molar-refractivity contribution is 5.97. The summed E-state index contributed by atoms with van der Waals surface area (Å²) >= 11 is 0. The number of aromatic amines is 1. The number of aliphatic carboxylic acids is 1. The molecule has 4 aromatic rings. The highest BCUT2D eigenvalue weighted by Gasteiger charge is 2.36. The van der Waals surface area contributed by atoms with Gasteiger partial charge in [-0.05, 0) is 62.4 Å². The lowest BCUT2D eigenvalue weighted by Gasteiger charge is -2.31. The van der Waals surface area contributed by atoms with Crippen molar-refractivity contribution in [2.45, 2.75) is 94.7 Å². The van der Waals surface area contributed by atoms with Crippen molar-refractivity contribution < 1.29 is 39.0 Å². The normalized spacial score (nSPS) is 14.7. The quantitative estimate of drug-likeness (QED) is 0.0507. The zero-order valence-corrected chi connectivity index (χ0v) is 33.6. The van der Waals surface area contributed by atoms with Crippen molar-refractivity contribution >= 4 is 46.4 Å². The molecule has 7 atom stereocenters. The Hall–Kier alpha value is -6.10. The number of H-pyrrole nitrogens is 1. The number of likely N-dealkylation sites (N-methyl/N-ethyl adjacent to an activating group) is 1. The lowest BCUT2D eigenvalue weighted by molar-refractivity contribution is -0.142. The SMILES string of the molecule is C[C@@H](N)C(=O)N(C)[C@H](Cc1ccccc1)C(=O)N[C@@H](C(=O)N[C@@H](CCCCN)C(=O)N[C@H](Cc1c[nH]c2ccccc12)C(=O)N[C@H](Cc1ccccc1)C(=O)O)[C@@H](C)O. The molecule has 11 N–H and O–H groups in total. The number of carboxylic acids is 1. The van der Waals surface area contributed by atoms with Crippen LogP contribution < -0.4 is 32.7 Å². The van der Waals surface area contributed by atoms with Crippen molar-refractivity contribution in [3.63, 3.8) is 0 Å². The molecule has 0 saturated carbocycles. The molecule has 0 fully saturated rings. The number of carboxylic acid groups (broad SMARTS) is 1. The van der Waals surface area contributed by atoms with E-state index in [0.29, 0.717) is 30.5 Å². The third kappa shape index (κ3) is 13.2. The maximum absolute atomic E-state index is 14.2. The summed E-state index contributed by atoms with van der Waals surface area (Å²) < 4.78 is 0. The number of aliphatic hydroxyl groups excluding tert-OH is 1. The summed E-state index contributed by atoms with van der Waals surface area (Å²) in [5.74, 6) is -4.94. The van der Waals surface area contributed by atoms with Crippen LogP contribution in [0.3, 0.4) is 0 Å². The van der Waals surface area contributed by atoms with Crippen LogP contribution in [-0.2, 0) is 48.0 Å². The van der Waals surface area contributed by atoms with Gasteiger partial charge in [0.15, 0.2) is 0 Å². The van der Waals surface area contributed by atoms with Gasteiger partial charge < -0.3 is 52.8 Å². The number of para-hydroxylation sites is 1. The number of benzene rings is 3. The Balaban J connectivity index is 1.59. The van der Waals surface area contributed by atoms with Gasteiger partial charge in [0.05, 0.1) is 12.1 Å². The molecule has 0 aliphatic heterocycles. The zero-order valence-electron chi connectivity index (χ0n) is 33.6. The number of hydrogen-bond donors (Lipinski definition) is 9. The van der Waals surface area contributed by atoms with Crippen molar-refractivity contribution in [3.05, 3.63) is 108 Å². The summed E-state index contributed by atoms with van der Waals surface area (Å²) in [6, 6.07) is 17.6. The molecule has 0 aliphatic rings. The number of nitrogens with two attached hydrogens (primary N) is 2. The third-order valence-electron chi connectivity index (χ3n) is 10.1. The number of nitrogens with zero attached hydrogens (tertiary/aromatic N) is 1. The van der Waals surface area contributed by atoms with E-state index in [4.69, 9.17) is 11.5 Å². The molecule has 59 heavy (non-hydrogen) atoms. The topological polar surface area (TPSA) is 262 Å². The fraction of sp³-hybridized carbons (Fsp3) is 0.395. The second kappa shape index (κ2) is 22.2. The lowest BCUT2D eigenvalue weighted by atomic mass is 10.0. The molecule has 316 valence electrons. The predicted molar refractivity (Wildman–Crippen MR) is 222 cm³/mol. The Morgan fingerprint density at radius 2 is 1.25 bits per heavy atom. The number of carbonyl (C=O) groups excluding carboxylic acids is 5. The molecule has 0 aliphatic carbocycles. The van der Waals surface area contributed by atoms with Crippen LogP contribution in [0, 0.1) is 0 Å². The number of hydrogen-bond acceptors (Lipinski definition) is 9. The largest absolute Gasteiger partial charge is 0.480 e. The van der Waals surface area contributed by atoms with Gasteiger partial charge in [-0.15, -0.1) is 0 Å². The van der Waals surface area contributed by atoms with Crippen LogP contribution in [-0.4, -0.2) is 112 Å². The minimum Gasteiger partial charge on any atom is -0.480 e. The first-order valence-corrected chi connectivity index (χ1v) is 19.7. The number of aromatic nitrogens is 1. The molecule has 0 saturated heterocycles. The second-order valence-corrected chi connectivity index (χ2v) is 14.7. The predicted octanol–water partition coefficient (Wildman–Crippen LogP) is 0.904. The minimum absolute atomic E-state index is 0.0126. The van der Waals surface area contributed by atoms with Gasteiger partial charge in [0, 0.05) is 43.4 Å². The molecule has 16 heteroatoms. The van der Waals surface area contributed by atoms with Crippen LogP contribution in [0.5, 0.6) is 0 Å². The Labute approximate surface area is 343 Å². The molecule has 0 unspecified atom stereocenters. The molecule has 5 amide bonds. The fourth-order valence-electron chi connectivity index (χ4n) is 6.72. The van der Waals surface area contributed by atoms with Crippen molar-refractivity contribution in [3.8, 4) is 0 Å². The lowest BCUT2D eigenvalue weighted by Crippen LogP contribution is -2.61. The molecular formula is C43H56N8O8. The van der Waals surface area contributed by atoms with E-state index < -0.39 is 77.9 Å². The number of rotatable bonds is 22. The molecule has 0 bridgehead atoms. The van der Waals surface area contributed by atoms with Crippen LogP contribution in [0.25, 0.3) is 10.9 Å². The van der Waals surface area contributed by atoms with Crippen molar-refractivity contribution in [1.82, 2.24) is 31.2 Å². The average molecular weight is 813 g/mol. The first kappa shape index (κ1) is 45.6. The Morgan fingerprint density at radius 3 is 1.85 bits per heavy atom. The van der Waals surface area contributed by atoms with Gasteiger partial charge >= 0.3 is 5.97 Å². The van der Waals surface area contributed by atoms with Crippen LogP contribution in [0.1, 0.15) is 49.8 Å². The van der Waals surface area contributed by atoms with Gasteiger partial charge in [-0.2, -0.15) is 0 Å². The van der Waals surface area contributed by atoms with E-state index in [1.165, 1.54) is 25.8 Å². The molecule has 3 aromatic carbocycles. The molecule has 16 nitrogen and oxygen atoms in total. The molecule has 1 aromatic heterocycles. The summed E-state index contributed by atoms with van der Waals surface area (Å²) in [4.78, 5) is 85.6. The number of nitrogens with one attached hydrogen (secondary N) is 5. The van der Waals surface area contributed by atoms with Gasteiger partial charge in [-0.1, -0.05) is 78.9 Å². The van der Waals surface area contributed by atoms with Gasteiger partial charge in [0.25, 0.3) is 0 Å². The second-order valence-electron chi connectivity index (χ2n) is 14.7. The third-order valence-corrected chi connectivity index (χ3v) is 10.1. The minimum atomic E-state index is -1.57. The van der Waals surface area contributed by atoms with E-state index in [9.17, 15) is 39.0 Å². The number of amides is 5. The summed E-state index contributed by atoms with van der Waals surface area (Å²) in [6.45, 7) is 3.09. The van der Waals surface area contributed by atoms with E-state index in [1.54, 1.807) is 66.9 Å².